The first-order chi connectivity index (χ1) is 9.47. The van der Waals surface area contributed by atoms with E-state index < -0.39 is 31.9 Å². The van der Waals surface area contributed by atoms with E-state index in [4.69, 9.17) is 58.0 Å². The summed E-state index contributed by atoms with van der Waals surface area (Å²) in [4.78, 5) is 9.96. The third-order valence-electron chi connectivity index (χ3n) is 4.24. The van der Waals surface area contributed by atoms with Crippen molar-refractivity contribution in [2.75, 3.05) is 0 Å². The average molecular weight is 391 g/mol. The third kappa shape index (κ3) is 2.53. The van der Waals surface area contributed by atoms with Crippen molar-refractivity contribution in [2.45, 2.75) is 28.4 Å². The molecule has 0 aromatic heterocycles. The molecule has 0 aliphatic heterocycles. The summed E-state index contributed by atoms with van der Waals surface area (Å²) in [6.45, 7) is 3.47. The lowest BCUT2D eigenvalue weighted by molar-refractivity contribution is -0.138. The molecule has 1 aromatic rings. The van der Waals surface area contributed by atoms with Crippen LogP contribution in [0.1, 0.15) is 19.4 Å². The maximum absolute atomic E-state index is 11.4. The molecule has 0 amide bonds. The van der Waals surface area contributed by atoms with E-state index >= 15 is 0 Å². The Bertz CT molecular complexity index is 569. The van der Waals surface area contributed by atoms with Gasteiger partial charge in [-0.15, -0.1) is 23.2 Å². The molecule has 1 aliphatic carbocycles. The number of carbonyl (C=O) groups is 1. The van der Waals surface area contributed by atoms with Crippen LogP contribution in [0.15, 0.2) is 24.3 Å². The van der Waals surface area contributed by atoms with Crippen molar-refractivity contribution in [1.29, 1.82) is 0 Å². The van der Waals surface area contributed by atoms with Gasteiger partial charge in [0.05, 0.1) is 5.38 Å². The van der Waals surface area contributed by atoms with Crippen molar-refractivity contribution >= 4 is 64.0 Å². The fraction of sp³-hybridized carbons (Fsp3) is 0.500. The van der Waals surface area contributed by atoms with Crippen LogP contribution in [0.3, 0.4) is 0 Å². The summed E-state index contributed by atoms with van der Waals surface area (Å²) >= 11 is 31.3. The zero-order chi connectivity index (χ0) is 16.2. The summed E-state index contributed by atoms with van der Waals surface area (Å²) in [6.07, 6.45) is 0. The summed E-state index contributed by atoms with van der Waals surface area (Å²) in [5, 5.41) is 9.02. The average Bonchev–Trinajstić information content (AvgIpc) is 2.84. The first kappa shape index (κ1) is 17.5. The number of rotatable bonds is 4. The van der Waals surface area contributed by atoms with Crippen molar-refractivity contribution in [3.63, 3.8) is 0 Å². The molecule has 0 spiro atoms. The molecule has 21 heavy (non-hydrogen) atoms. The largest absolute Gasteiger partial charge is 0.480 e. The Morgan fingerprint density at radius 3 is 2.14 bits per heavy atom. The van der Waals surface area contributed by atoms with Crippen LogP contribution in [0.2, 0.25) is 5.02 Å². The van der Waals surface area contributed by atoms with Crippen molar-refractivity contribution in [1.82, 2.24) is 0 Å². The molecule has 2 rings (SSSR count). The minimum atomic E-state index is -1.47. The minimum Gasteiger partial charge on any atom is -0.480 e. The maximum Gasteiger partial charge on any atom is 0.325 e. The van der Waals surface area contributed by atoms with Gasteiger partial charge in [0.1, 0.15) is 0 Å². The molecule has 1 fully saturated rings. The molecule has 7 heteroatoms. The van der Waals surface area contributed by atoms with Gasteiger partial charge in [0, 0.05) is 16.4 Å². The smallest absolute Gasteiger partial charge is 0.325 e. The number of hydrogen-bond donors (Lipinski definition) is 1. The van der Waals surface area contributed by atoms with Crippen molar-refractivity contribution in [2.24, 2.45) is 11.3 Å². The monoisotopic (exact) mass is 388 g/mol. The number of aliphatic carboxylic acids is 1. The summed E-state index contributed by atoms with van der Waals surface area (Å²) in [6, 6.07) is 6.60. The molecule has 116 valence electrons. The normalized spacial score (nSPS) is 29.0. The van der Waals surface area contributed by atoms with E-state index in [0.29, 0.717) is 10.6 Å². The Hall–Kier alpha value is 0.140. The maximum atomic E-state index is 11.4. The van der Waals surface area contributed by atoms with E-state index in [2.05, 4.69) is 0 Å². The predicted octanol–water partition coefficient (Wildman–Crippen LogP) is 5.30. The molecule has 3 atom stereocenters. The molecule has 0 saturated heterocycles. The number of carboxylic acids is 1. The number of carboxylic acid groups (broad SMARTS) is 1. The fourth-order valence-electron chi connectivity index (χ4n) is 2.77. The lowest BCUT2D eigenvalue weighted by Crippen LogP contribution is -2.31. The van der Waals surface area contributed by atoms with Crippen LogP contribution in [-0.2, 0) is 9.13 Å². The van der Waals surface area contributed by atoms with Crippen LogP contribution >= 0.6 is 58.0 Å². The van der Waals surface area contributed by atoms with Gasteiger partial charge in [-0.1, -0.05) is 60.8 Å². The first-order valence-corrected chi connectivity index (χ1v) is 8.12. The van der Waals surface area contributed by atoms with Gasteiger partial charge in [-0.2, -0.15) is 0 Å². The molecule has 2 nitrogen and oxygen atoms in total. The van der Waals surface area contributed by atoms with Gasteiger partial charge in [0.15, 0.2) is 9.21 Å². The summed E-state index contributed by atoms with van der Waals surface area (Å²) < 4.78 is -1.47. The second kappa shape index (κ2) is 5.35. The highest BCUT2D eigenvalue weighted by Crippen LogP contribution is 2.71. The molecule has 1 N–H and O–H groups in total. The number of benzene rings is 1. The Labute approximate surface area is 148 Å². The highest BCUT2D eigenvalue weighted by molar-refractivity contribution is 6.52. The molecule has 1 aromatic carbocycles. The predicted molar refractivity (Wildman–Crippen MR) is 88.0 cm³/mol. The van der Waals surface area contributed by atoms with Crippen LogP contribution in [-0.4, -0.2) is 21.3 Å². The van der Waals surface area contributed by atoms with Crippen molar-refractivity contribution < 1.29 is 9.90 Å². The second-order valence-corrected chi connectivity index (χ2v) is 8.64. The van der Waals surface area contributed by atoms with Gasteiger partial charge in [-0.25, -0.2) is 0 Å². The lowest BCUT2D eigenvalue weighted by atomic mass is 10.0. The van der Waals surface area contributed by atoms with Crippen LogP contribution < -0.4 is 0 Å². The van der Waals surface area contributed by atoms with Crippen LogP contribution in [0, 0.1) is 11.3 Å². The van der Waals surface area contributed by atoms with E-state index in [-0.39, 0.29) is 0 Å². The molecular weight excluding hydrogens is 377 g/mol. The van der Waals surface area contributed by atoms with Gasteiger partial charge >= 0.3 is 5.97 Å². The topological polar surface area (TPSA) is 37.3 Å². The zero-order valence-corrected chi connectivity index (χ0v) is 15.0. The van der Waals surface area contributed by atoms with E-state index in [9.17, 15) is 9.90 Å². The quantitative estimate of drug-likeness (QED) is 0.709. The fourth-order valence-corrected chi connectivity index (χ4v) is 4.55. The lowest BCUT2D eigenvalue weighted by Gasteiger charge is -2.27. The first-order valence-electron chi connectivity index (χ1n) is 6.17. The van der Waals surface area contributed by atoms with Gasteiger partial charge < -0.3 is 5.11 Å². The van der Waals surface area contributed by atoms with Gasteiger partial charge in [0.2, 0.25) is 0 Å². The SMILES string of the molecule is CC1(C)C(C(Cl)C(Cl)(Cl)c2ccc(Cl)cc2)C1(Cl)C(=O)O. The van der Waals surface area contributed by atoms with Crippen molar-refractivity contribution in [3.05, 3.63) is 34.9 Å². The molecule has 0 heterocycles. The molecule has 1 aliphatic rings. The van der Waals surface area contributed by atoms with Crippen LogP contribution in [0.5, 0.6) is 0 Å². The Balaban J connectivity index is 2.34. The van der Waals surface area contributed by atoms with Crippen LogP contribution in [0.4, 0.5) is 0 Å². The minimum absolute atomic E-state index is 0.540. The molecule has 0 radical (unpaired) electrons. The second-order valence-electron chi connectivity index (χ2n) is 5.75. The summed E-state index contributed by atoms with van der Waals surface area (Å²) in [5.74, 6) is -1.69. The molecule has 3 unspecified atom stereocenters. The number of hydrogen-bond acceptors (Lipinski definition) is 1. The summed E-state index contributed by atoms with van der Waals surface area (Å²) in [7, 11) is 0. The van der Waals surface area contributed by atoms with Gasteiger partial charge in [-0.05, 0) is 17.7 Å². The van der Waals surface area contributed by atoms with E-state index in [1.807, 2.05) is 0 Å². The Morgan fingerprint density at radius 2 is 1.76 bits per heavy atom. The Kier molecular flexibility index (Phi) is 4.46. The molecule has 1 saturated carbocycles. The van der Waals surface area contributed by atoms with Crippen molar-refractivity contribution in [3.8, 4) is 0 Å². The van der Waals surface area contributed by atoms with E-state index in [1.54, 1.807) is 38.1 Å². The molecular formula is C14H13Cl5O2. The highest BCUT2D eigenvalue weighted by Gasteiger charge is 2.79. The third-order valence-corrected chi connectivity index (χ3v) is 7.08. The Morgan fingerprint density at radius 1 is 1.29 bits per heavy atom. The van der Waals surface area contributed by atoms with Crippen LogP contribution in [0.25, 0.3) is 0 Å². The van der Waals surface area contributed by atoms with E-state index in [1.165, 1.54) is 0 Å². The zero-order valence-electron chi connectivity index (χ0n) is 11.2. The molecule has 0 bridgehead atoms. The number of halogens is 5. The van der Waals surface area contributed by atoms with E-state index in [0.717, 1.165) is 0 Å². The van der Waals surface area contributed by atoms with Gasteiger partial charge in [-0.3, -0.25) is 4.79 Å². The highest BCUT2D eigenvalue weighted by atomic mass is 35.5. The standard InChI is InChI=1S/C14H13Cl5O2/c1-12(2)9(13(12,17)11(20)21)10(16)14(18,19)7-3-5-8(15)6-4-7/h3-6,9-10H,1-2H3,(H,20,21). The number of alkyl halides is 4. The van der Waals surface area contributed by atoms with Gasteiger partial charge in [0.25, 0.3) is 0 Å². The summed E-state index contributed by atoms with van der Waals surface area (Å²) in [5.41, 5.74) is -0.170.